The smallest absolute Gasteiger partial charge is 0.456 e. The van der Waals surface area contributed by atoms with Crippen LogP contribution in [-0.2, 0) is 35.0 Å². The molecule has 0 bridgehead atoms. The topological polar surface area (TPSA) is 103 Å². The zero-order chi connectivity index (χ0) is 29.8. The third kappa shape index (κ3) is 5.44. The first kappa shape index (κ1) is 29.5. The number of aromatic nitrogens is 3. The Bertz CT molecular complexity index is 1460. The zero-order valence-electron chi connectivity index (χ0n) is 25.4. The Hall–Kier alpha value is -2.61. The molecule has 3 atom stereocenters. The number of hydrogen-bond donors (Lipinski definition) is 0. The van der Waals surface area contributed by atoms with E-state index in [4.69, 9.17) is 38.2 Å². The second-order valence-corrected chi connectivity index (χ2v) is 15.6. The van der Waals surface area contributed by atoms with Crippen molar-refractivity contribution < 1.29 is 33.1 Å². The molecule has 5 heterocycles. The largest absolute Gasteiger partial charge is 0.494 e. The number of pyridine rings is 1. The van der Waals surface area contributed by atoms with E-state index in [1.165, 1.54) is 0 Å². The molecule has 6 rings (SSSR count). The lowest BCUT2D eigenvalue weighted by Gasteiger charge is -2.32. The second kappa shape index (κ2) is 11.1. The maximum Gasteiger partial charge on any atom is 0.494 e. The highest BCUT2D eigenvalue weighted by atomic mass is 28.3. The molecular formula is C30H39BN3O7Si-. The van der Waals surface area contributed by atoms with Crippen molar-refractivity contribution in [2.75, 3.05) is 19.8 Å². The number of rotatable bonds is 9. The number of imidazole rings is 1. The van der Waals surface area contributed by atoms with Crippen LogP contribution in [0.1, 0.15) is 33.3 Å². The minimum atomic E-state index is -0.578. The van der Waals surface area contributed by atoms with Crippen LogP contribution in [0.5, 0.6) is 6.01 Å². The Kier molecular flexibility index (Phi) is 7.82. The van der Waals surface area contributed by atoms with E-state index in [1.54, 1.807) is 0 Å². The summed E-state index contributed by atoms with van der Waals surface area (Å²) in [7, 11) is -0.836. The van der Waals surface area contributed by atoms with Gasteiger partial charge in [0.15, 0.2) is 17.5 Å². The third-order valence-corrected chi connectivity index (χ3v) is 9.85. The molecule has 2 aromatic heterocycles. The molecule has 0 amide bonds. The van der Waals surface area contributed by atoms with Gasteiger partial charge in [-0.3, -0.25) is 18.2 Å². The number of Topliss-reactive ketones (excluding diaryl/α,β-unsaturated/α-hetero) is 1. The van der Waals surface area contributed by atoms with Crippen molar-refractivity contribution in [2.45, 2.75) is 90.0 Å². The number of aryl methyl sites for hydroxylation is 1. The van der Waals surface area contributed by atoms with Crippen LogP contribution in [0.3, 0.4) is 0 Å². The summed E-state index contributed by atoms with van der Waals surface area (Å²) in [6, 6.07) is 11.6. The maximum atomic E-state index is 12.1. The van der Waals surface area contributed by atoms with E-state index in [0.29, 0.717) is 23.8 Å². The van der Waals surface area contributed by atoms with Crippen LogP contribution in [0.25, 0.3) is 22.4 Å². The molecule has 0 unspecified atom stereocenters. The molecule has 0 aliphatic carbocycles. The van der Waals surface area contributed by atoms with Gasteiger partial charge in [0.05, 0.1) is 23.5 Å². The SMILES string of the molecule is Cc1cc2nc(O[C@@H]3CO[C@@H]4C(=O)CO[C@@H]43)n(COCC[Si-](C)C)c2nc1-c1ccc(B2OC(C)(C)C(C)(C)O2)cc1. The van der Waals surface area contributed by atoms with Crippen molar-refractivity contribution >= 4 is 38.3 Å². The minimum Gasteiger partial charge on any atom is -0.456 e. The number of benzene rings is 1. The molecule has 0 saturated carbocycles. The lowest BCUT2D eigenvalue weighted by atomic mass is 9.78. The zero-order valence-corrected chi connectivity index (χ0v) is 26.4. The Balaban J connectivity index is 1.29. The van der Waals surface area contributed by atoms with Gasteiger partial charge in [0, 0.05) is 12.2 Å². The molecule has 3 aliphatic heterocycles. The first-order valence-electron chi connectivity index (χ1n) is 14.6. The first-order chi connectivity index (χ1) is 19.9. The second-order valence-electron chi connectivity index (χ2n) is 12.7. The minimum absolute atomic E-state index is 0.0458. The van der Waals surface area contributed by atoms with Crippen molar-refractivity contribution in [1.29, 1.82) is 0 Å². The highest BCUT2D eigenvalue weighted by molar-refractivity contribution is 6.62. The Morgan fingerprint density at radius 3 is 2.48 bits per heavy atom. The normalized spacial score (nSPS) is 24.7. The van der Waals surface area contributed by atoms with Gasteiger partial charge in [-0.1, -0.05) is 24.3 Å². The number of nitrogens with zero attached hydrogens (tertiary/aromatic N) is 3. The predicted octanol–water partition coefficient (Wildman–Crippen LogP) is 3.55. The van der Waals surface area contributed by atoms with Gasteiger partial charge in [-0.05, 0) is 51.7 Å². The Morgan fingerprint density at radius 2 is 1.79 bits per heavy atom. The van der Waals surface area contributed by atoms with Crippen molar-refractivity contribution in [3.8, 4) is 17.3 Å². The van der Waals surface area contributed by atoms with Gasteiger partial charge in [-0.25, -0.2) is 4.98 Å². The van der Waals surface area contributed by atoms with Gasteiger partial charge in [0.1, 0.15) is 31.1 Å². The molecule has 3 aromatic rings. The van der Waals surface area contributed by atoms with E-state index in [1.807, 2.05) is 41.8 Å². The molecule has 224 valence electrons. The Morgan fingerprint density at radius 1 is 1.07 bits per heavy atom. The predicted molar refractivity (Wildman–Crippen MR) is 161 cm³/mol. The summed E-state index contributed by atoms with van der Waals surface area (Å²) in [5.41, 5.74) is 4.33. The fraction of sp³-hybridized carbons (Fsp3) is 0.567. The first-order valence-corrected chi connectivity index (χ1v) is 17.3. The number of carbonyl (C=O) groups excluding carboxylic acids is 1. The molecule has 3 fully saturated rings. The van der Waals surface area contributed by atoms with Crippen molar-refractivity contribution in [1.82, 2.24) is 14.5 Å². The number of carbonyl (C=O) groups is 1. The summed E-state index contributed by atoms with van der Waals surface area (Å²) >= 11 is 0. The van der Waals surface area contributed by atoms with Crippen LogP contribution in [-0.4, -0.2) is 85.6 Å². The number of fused-ring (bicyclic) bond motifs is 2. The summed E-state index contributed by atoms with van der Waals surface area (Å²) < 4.78 is 38.1. The number of ether oxygens (including phenoxy) is 4. The van der Waals surface area contributed by atoms with E-state index < -0.39 is 45.4 Å². The third-order valence-electron chi connectivity index (χ3n) is 8.65. The van der Waals surface area contributed by atoms with Crippen LogP contribution in [0, 0.1) is 6.92 Å². The van der Waals surface area contributed by atoms with Crippen LogP contribution >= 0.6 is 0 Å². The molecule has 42 heavy (non-hydrogen) atoms. The van der Waals surface area contributed by atoms with Crippen molar-refractivity contribution in [2.24, 2.45) is 0 Å². The molecule has 0 N–H and O–H groups in total. The van der Waals surface area contributed by atoms with E-state index in [9.17, 15) is 4.79 Å². The summed E-state index contributed by atoms with van der Waals surface area (Å²) in [6.45, 7) is 16.0. The summed E-state index contributed by atoms with van der Waals surface area (Å²) in [4.78, 5) is 21.9. The molecule has 12 heteroatoms. The van der Waals surface area contributed by atoms with Gasteiger partial charge in [0.2, 0.25) is 0 Å². The monoisotopic (exact) mass is 592 g/mol. The molecule has 3 saturated heterocycles. The lowest BCUT2D eigenvalue weighted by molar-refractivity contribution is -0.125. The Labute approximate surface area is 248 Å². The van der Waals surface area contributed by atoms with E-state index in [0.717, 1.165) is 28.3 Å². The van der Waals surface area contributed by atoms with Gasteiger partial charge in [-0.15, -0.1) is 0 Å². The fourth-order valence-electron chi connectivity index (χ4n) is 5.38. The lowest BCUT2D eigenvalue weighted by Crippen LogP contribution is -2.41. The van der Waals surface area contributed by atoms with Crippen LogP contribution in [0.15, 0.2) is 30.3 Å². The quantitative estimate of drug-likeness (QED) is 0.273. The summed E-state index contributed by atoms with van der Waals surface area (Å²) in [5, 5.41) is 0. The fourth-order valence-corrected chi connectivity index (χ4v) is 5.94. The van der Waals surface area contributed by atoms with E-state index in [-0.39, 0.29) is 25.7 Å². The highest BCUT2D eigenvalue weighted by Gasteiger charge is 2.52. The standard InChI is InChI=1S/C30H39BN3O7Si/c1-18-14-21-27(33-24(18)19-8-10-20(11-9-19)31-40-29(2,3)30(4,5)41-31)34(17-36-12-13-42(6)7)28(32-21)39-23-16-38-25-22(35)15-37-26(23)25/h8-11,14,23,25-26H,12-13,15-17H2,1-7H3/q-1/t23-,25-,26-/m1/s1. The van der Waals surface area contributed by atoms with Crippen LogP contribution in [0.4, 0.5) is 0 Å². The van der Waals surface area contributed by atoms with Gasteiger partial charge in [0.25, 0.3) is 0 Å². The molecule has 0 radical (unpaired) electrons. The molecule has 3 aliphatic rings. The van der Waals surface area contributed by atoms with Crippen molar-refractivity contribution in [3.63, 3.8) is 0 Å². The van der Waals surface area contributed by atoms with Crippen LogP contribution < -0.4 is 10.2 Å². The summed E-state index contributed by atoms with van der Waals surface area (Å²) in [5.74, 6) is -0.0499. The average molecular weight is 593 g/mol. The summed E-state index contributed by atoms with van der Waals surface area (Å²) in [6.07, 6.45) is -1.46. The average Bonchev–Trinajstić information content (AvgIpc) is 3.64. The number of hydrogen-bond acceptors (Lipinski definition) is 9. The molecule has 1 aromatic carbocycles. The molecule has 10 nitrogen and oxygen atoms in total. The van der Waals surface area contributed by atoms with E-state index in [2.05, 4.69) is 40.8 Å². The highest BCUT2D eigenvalue weighted by Crippen LogP contribution is 2.37. The van der Waals surface area contributed by atoms with Gasteiger partial charge in [-0.2, -0.15) is 24.1 Å². The van der Waals surface area contributed by atoms with Gasteiger partial charge >= 0.3 is 13.1 Å². The van der Waals surface area contributed by atoms with E-state index >= 15 is 0 Å². The number of ketones is 1. The van der Waals surface area contributed by atoms with Gasteiger partial charge < -0.3 is 28.3 Å². The van der Waals surface area contributed by atoms with Crippen LogP contribution in [0.2, 0.25) is 19.1 Å². The molecular weight excluding hydrogens is 553 g/mol. The maximum absolute atomic E-state index is 12.1. The molecule has 0 spiro atoms. The van der Waals surface area contributed by atoms with Crippen molar-refractivity contribution in [3.05, 3.63) is 35.9 Å².